The molecular weight excluding hydrogens is 328 g/mol. The molecule has 0 aromatic heterocycles. The van der Waals surface area contributed by atoms with E-state index in [1.54, 1.807) is 0 Å². The number of rotatable bonds is 5. The van der Waals surface area contributed by atoms with Gasteiger partial charge in [-0.1, -0.05) is 76.7 Å². The highest BCUT2D eigenvalue weighted by atomic mass is 79.9. The second kappa shape index (κ2) is 6.51. The van der Waals surface area contributed by atoms with E-state index in [1.165, 1.54) is 5.19 Å². The van der Waals surface area contributed by atoms with E-state index in [4.69, 9.17) is 0 Å². The third-order valence-electron chi connectivity index (χ3n) is 3.70. The largest absolute Gasteiger partial charge is 0.294 e. The van der Waals surface area contributed by atoms with Gasteiger partial charge in [0.05, 0.1) is 8.07 Å². The topological polar surface area (TPSA) is 17.1 Å². The van der Waals surface area contributed by atoms with Crippen LogP contribution < -0.4 is 5.19 Å². The van der Waals surface area contributed by atoms with Gasteiger partial charge in [-0.25, -0.2) is 0 Å². The maximum absolute atomic E-state index is 12.2. The van der Waals surface area contributed by atoms with Crippen LogP contribution in [0.4, 0.5) is 0 Å². The molecule has 0 aliphatic rings. The Kier molecular flexibility index (Phi) is 4.94. The van der Waals surface area contributed by atoms with Gasteiger partial charge in [-0.15, -0.1) is 0 Å². The van der Waals surface area contributed by atoms with Crippen molar-refractivity contribution in [2.45, 2.75) is 25.6 Å². The lowest BCUT2D eigenvalue weighted by Gasteiger charge is -2.22. The van der Waals surface area contributed by atoms with Gasteiger partial charge in [0.15, 0.2) is 5.78 Å². The van der Waals surface area contributed by atoms with Crippen molar-refractivity contribution in [3.63, 3.8) is 0 Å². The van der Waals surface area contributed by atoms with Crippen LogP contribution in [0.5, 0.6) is 0 Å². The Morgan fingerprint density at radius 3 is 2.20 bits per heavy atom. The van der Waals surface area contributed by atoms with Crippen molar-refractivity contribution in [2.75, 3.05) is 0 Å². The quantitative estimate of drug-likeness (QED) is 0.569. The van der Waals surface area contributed by atoms with E-state index in [2.05, 4.69) is 53.3 Å². The summed E-state index contributed by atoms with van der Waals surface area (Å²) in [5.41, 5.74) is 0.811. The van der Waals surface area contributed by atoms with Crippen molar-refractivity contribution in [2.24, 2.45) is 0 Å². The molecule has 2 rings (SSSR count). The average Bonchev–Trinajstić information content (AvgIpc) is 2.46. The molecule has 2 aromatic carbocycles. The fourth-order valence-corrected chi connectivity index (χ4v) is 4.74. The fourth-order valence-electron chi connectivity index (χ4n) is 2.24. The van der Waals surface area contributed by atoms with E-state index in [9.17, 15) is 4.79 Å². The van der Waals surface area contributed by atoms with E-state index in [1.807, 2.05) is 30.3 Å². The summed E-state index contributed by atoms with van der Waals surface area (Å²) >= 11 is 3.39. The lowest BCUT2D eigenvalue weighted by Crippen LogP contribution is -2.41. The molecule has 0 bridgehead atoms. The Balaban J connectivity index is 2.01. The van der Waals surface area contributed by atoms with Crippen LogP contribution in [0.25, 0.3) is 0 Å². The summed E-state index contributed by atoms with van der Waals surface area (Å²) < 4.78 is 1.01. The molecule has 0 aliphatic heterocycles. The Bertz CT molecular complexity index is 576. The monoisotopic (exact) mass is 346 g/mol. The van der Waals surface area contributed by atoms with Gasteiger partial charge in [-0.2, -0.15) is 0 Å². The van der Waals surface area contributed by atoms with E-state index in [0.29, 0.717) is 6.42 Å². The molecule has 104 valence electrons. The third kappa shape index (κ3) is 3.90. The summed E-state index contributed by atoms with van der Waals surface area (Å²) in [6.07, 6.45) is 0.635. The maximum atomic E-state index is 12.2. The zero-order valence-electron chi connectivity index (χ0n) is 11.9. The summed E-state index contributed by atoms with van der Waals surface area (Å²) in [5, 5.41) is 1.42. The molecule has 0 spiro atoms. The Morgan fingerprint density at radius 2 is 1.60 bits per heavy atom. The number of halogens is 1. The first-order valence-corrected chi connectivity index (χ1v) is 10.8. The van der Waals surface area contributed by atoms with Crippen LogP contribution in [-0.2, 0) is 0 Å². The molecule has 0 atom stereocenters. The van der Waals surface area contributed by atoms with Crippen LogP contribution in [0.2, 0.25) is 19.1 Å². The molecule has 0 fully saturated rings. The number of benzene rings is 2. The highest BCUT2D eigenvalue weighted by Gasteiger charge is 2.24. The first-order chi connectivity index (χ1) is 9.49. The molecule has 1 nitrogen and oxygen atoms in total. The number of Topliss-reactive ketones (excluding diaryl/α,β-unsaturated/α-hetero) is 1. The van der Waals surface area contributed by atoms with Crippen LogP contribution >= 0.6 is 15.9 Å². The highest BCUT2D eigenvalue weighted by molar-refractivity contribution is 9.10. The highest BCUT2D eigenvalue weighted by Crippen LogP contribution is 2.17. The SMILES string of the molecule is C[Si](C)(CCC(=O)c1ccc(Br)cc1)c1ccccc1. The number of carbonyl (C=O) groups excluding carboxylic acids is 1. The molecule has 0 N–H and O–H groups in total. The lowest BCUT2D eigenvalue weighted by molar-refractivity contribution is 0.0988. The van der Waals surface area contributed by atoms with Crippen LogP contribution in [0, 0.1) is 0 Å². The summed E-state index contributed by atoms with van der Waals surface area (Å²) in [5.74, 6) is 0.244. The second-order valence-corrected chi connectivity index (χ2v) is 11.4. The lowest BCUT2D eigenvalue weighted by atomic mass is 10.1. The van der Waals surface area contributed by atoms with E-state index in [-0.39, 0.29) is 5.78 Å². The Labute approximate surface area is 130 Å². The van der Waals surface area contributed by atoms with Crippen molar-refractivity contribution >= 4 is 35.0 Å². The number of hydrogen-bond acceptors (Lipinski definition) is 1. The molecule has 0 saturated carbocycles. The standard InChI is InChI=1S/C17H19BrOSi/c1-20(2,16-6-4-3-5-7-16)13-12-17(19)14-8-10-15(18)11-9-14/h3-11H,12-13H2,1-2H3. The molecule has 20 heavy (non-hydrogen) atoms. The van der Waals surface area contributed by atoms with Gasteiger partial charge in [-0.3, -0.25) is 4.79 Å². The Hall–Kier alpha value is -1.19. The van der Waals surface area contributed by atoms with Crippen LogP contribution in [0.3, 0.4) is 0 Å². The molecule has 0 heterocycles. The molecule has 2 aromatic rings. The van der Waals surface area contributed by atoms with Gasteiger partial charge in [0, 0.05) is 16.5 Å². The van der Waals surface area contributed by atoms with Gasteiger partial charge in [0.25, 0.3) is 0 Å². The van der Waals surface area contributed by atoms with Crippen LogP contribution in [0.1, 0.15) is 16.8 Å². The molecule has 0 unspecified atom stereocenters. The molecule has 0 aliphatic carbocycles. The average molecular weight is 347 g/mol. The number of hydrogen-bond donors (Lipinski definition) is 0. The Morgan fingerprint density at radius 1 is 1.00 bits per heavy atom. The fraction of sp³-hybridized carbons (Fsp3) is 0.235. The van der Waals surface area contributed by atoms with Crippen LogP contribution in [0.15, 0.2) is 59.1 Å². The number of carbonyl (C=O) groups is 1. The van der Waals surface area contributed by atoms with Gasteiger partial charge in [0.1, 0.15) is 0 Å². The molecule has 0 radical (unpaired) electrons. The smallest absolute Gasteiger partial charge is 0.162 e. The van der Waals surface area contributed by atoms with Crippen molar-refractivity contribution in [3.8, 4) is 0 Å². The third-order valence-corrected chi connectivity index (χ3v) is 7.62. The minimum absolute atomic E-state index is 0.244. The van der Waals surface area contributed by atoms with Gasteiger partial charge in [-0.05, 0) is 18.2 Å². The zero-order chi connectivity index (χ0) is 14.6. The predicted octanol–water partition coefficient (Wildman–Crippen LogP) is 4.64. The minimum Gasteiger partial charge on any atom is -0.294 e. The van der Waals surface area contributed by atoms with Gasteiger partial charge in [0.2, 0.25) is 0 Å². The zero-order valence-corrected chi connectivity index (χ0v) is 14.5. The van der Waals surface area contributed by atoms with Gasteiger partial charge >= 0.3 is 0 Å². The minimum atomic E-state index is -1.52. The van der Waals surface area contributed by atoms with E-state index in [0.717, 1.165) is 16.1 Å². The second-order valence-electron chi connectivity index (χ2n) is 5.68. The van der Waals surface area contributed by atoms with E-state index >= 15 is 0 Å². The summed E-state index contributed by atoms with van der Waals surface area (Å²) in [6.45, 7) is 4.66. The molecular formula is C17H19BrOSi. The van der Waals surface area contributed by atoms with Crippen molar-refractivity contribution < 1.29 is 4.79 Å². The first-order valence-electron chi connectivity index (χ1n) is 6.83. The van der Waals surface area contributed by atoms with Crippen LogP contribution in [-0.4, -0.2) is 13.9 Å². The van der Waals surface area contributed by atoms with Crippen molar-refractivity contribution in [3.05, 3.63) is 64.6 Å². The summed E-state index contributed by atoms with van der Waals surface area (Å²) in [7, 11) is -1.52. The number of ketones is 1. The summed E-state index contributed by atoms with van der Waals surface area (Å²) in [4.78, 5) is 12.2. The maximum Gasteiger partial charge on any atom is 0.162 e. The molecule has 3 heteroatoms. The molecule has 0 amide bonds. The first kappa shape index (κ1) is 15.2. The van der Waals surface area contributed by atoms with Crippen molar-refractivity contribution in [1.82, 2.24) is 0 Å². The summed E-state index contributed by atoms with van der Waals surface area (Å²) in [6, 6.07) is 19.2. The van der Waals surface area contributed by atoms with E-state index < -0.39 is 8.07 Å². The van der Waals surface area contributed by atoms with Crippen molar-refractivity contribution in [1.29, 1.82) is 0 Å². The predicted molar refractivity (Wildman–Crippen MR) is 91.5 cm³/mol. The molecule has 0 saturated heterocycles. The normalized spacial score (nSPS) is 11.3. The van der Waals surface area contributed by atoms with Gasteiger partial charge < -0.3 is 0 Å².